The molecule has 10 rings (SSSR count). The summed E-state index contributed by atoms with van der Waals surface area (Å²) >= 11 is 0. The number of aromatic nitrogens is 2. The van der Waals surface area contributed by atoms with Gasteiger partial charge in [0.05, 0.1) is 26.5 Å². The quantitative estimate of drug-likeness (QED) is 0.169. The van der Waals surface area contributed by atoms with E-state index in [-0.39, 0.29) is 0 Å². The van der Waals surface area contributed by atoms with Gasteiger partial charge in [0.15, 0.2) is 0 Å². The van der Waals surface area contributed by atoms with Gasteiger partial charge in [-0.05, 0) is 90.8 Å². The van der Waals surface area contributed by atoms with Gasteiger partial charge in [-0.25, -0.2) is 13.4 Å². The molecule has 0 spiro atoms. The van der Waals surface area contributed by atoms with E-state index in [0.29, 0.717) is 32.9 Å². The molecule has 8 aromatic carbocycles. The first-order valence-corrected chi connectivity index (χ1v) is 19.1. The third-order valence-electron chi connectivity index (χ3n) is 10.5. The zero-order valence-corrected chi connectivity index (χ0v) is 29.2. The third kappa shape index (κ3) is 4.46. The molecule has 0 N–H and O–H groups in total. The number of hydrogen-bond donors (Lipinski definition) is 0. The normalized spacial score (nSPS) is 13.1. The van der Waals surface area contributed by atoms with E-state index < -0.39 is 9.84 Å². The van der Waals surface area contributed by atoms with E-state index in [1.165, 1.54) is 16.5 Å². The van der Waals surface area contributed by atoms with Crippen LogP contribution in [0.25, 0.3) is 82.8 Å². The first-order valence-electron chi connectivity index (χ1n) is 17.6. The maximum atomic E-state index is 14.3. The number of para-hydroxylation sites is 2. The summed E-state index contributed by atoms with van der Waals surface area (Å²) in [5.41, 5.74) is 10.7. The molecule has 52 heavy (non-hydrogen) atoms. The Morgan fingerprint density at radius 1 is 0.500 bits per heavy atom. The summed E-state index contributed by atoms with van der Waals surface area (Å²) in [6, 6.07) is 56.2. The molecular formula is C47H32N2O2S. The number of benzene rings is 8. The predicted molar refractivity (Wildman–Crippen MR) is 213 cm³/mol. The Balaban J connectivity index is 1.30. The average Bonchev–Trinajstić information content (AvgIpc) is 3.58. The summed E-state index contributed by atoms with van der Waals surface area (Å²) in [7, 11) is -3.79. The van der Waals surface area contributed by atoms with E-state index in [9.17, 15) is 8.42 Å². The highest BCUT2D eigenvalue weighted by Gasteiger charge is 2.34. The first-order chi connectivity index (χ1) is 25.5. The van der Waals surface area contributed by atoms with Gasteiger partial charge in [-0.1, -0.05) is 140 Å². The fourth-order valence-corrected chi connectivity index (χ4v) is 9.88. The van der Waals surface area contributed by atoms with E-state index in [0.717, 1.165) is 55.4 Å². The van der Waals surface area contributed by atoms with Crippen LogP contribution in [-0.4, -0.2) is 18.0 Å². The number of rotatable bonds is 5. The molecule has 0 bridgehead atoms. The summed E-state index contributed by atoms with van der Waals surface area (Å²) in [5, 5.41) is 4.58. The van der Waals surface area contributed by atoms with Crippen molar-refractivity contribution in [2.45, 2.75) is 23.1 Å². The number of fused-ring (bicyclic) bond motifs is 4. The van der Waals surface area contributed by atoms with Crippen molar-refractivity contribution >= 4 is 42.4 Å². The van der Waals surface area contributed by atoms with Gasteiger partial charge in [-0.15, -0.1) is 0 Å². The molecule has 5 heteroatoms. The summed E-state index contributed by atoms with van der Waals surface area (Å²) < 4.78 is 30.6. The van der Waals surface area contributed by atoms with Crippen molar-refractivity contribution in [1.82, 2.24) is 9.55 Å². The molecule has 0 saturated carbocycles. The van der Waals surface area contributed by atoms with Crippen molar-refractivity contribution in [2.24, 2.45) is 0 Å². The lowest BCUT2D eigenvalue weighted by Crippen LogP contribution is -2.16. The molecule has 2 heterocycles. The van der Waals surface area contributed by atoms with Crippen molar-refractivity contribution in [3.8, 4) is 50.2 Å². The Morgan fingerprint density at radius 3 is 1.85 bits per heavy atom. The van der Waals surface area contributed by atoms with E-state index in [1.54, 1.807) is 18.2 Å². The second-order valence-corrected chi connectivity index (χ2v) is 15.3. The van der Waals surface area contributed by atoms with Gasteiger partial charge >= 0.3 is 0 Å². The second kappa shape index (κ2) is 11.6. The van der Waals surface area contributed by atoms with Gasteiger partial charge in [0.25, 0.3) is 0 Å². The van der Waals surface area contributed by atoms with Crippen molar-refractivity contribution in [3.63, 3.8) is 0 Å². The highest BCUT2D eigenvalue weighted by Crippen LogP contribution is 2.48. The van der Waals surface area contributed by atoms with E-state index in [4.69, 9.17) is 4.98 Å². The van der Waals surface area contributed by atoms with Crippen LogP contribution in [-0.2, 0) is 16.3 Å². The van der Waals surface area contributed by atoms with E-state index in [1.807, 2.05) is 24.3 Å². The predicted octanol–water partition coefficient (Wildman–Crippen LogP) is 11.7. The summed E-state index contributed by atoms with van der Waals surface area (Å²) in [6.45, 7) is 2.07. The van der Waals surface area contributed by atoms with E-state index in [2.05, 4.69) is 133 Å². The maximum Gasteiger partial charge on any atom is 0.210 e. The van der Waals surface area contributed by atoms with Gasteiger partial charge < -0.3 is 0 Å². The largest absolute Gasteiger partial charge is 0.293 e. The topological polar surface area (TPSA) is 52.0 Å². The Bertz CT molecular complexity index is 3000. The smallest absolute Gasteiger partial charge is 0.210 e. The van der Waals surface area contributed by atoms with Gasteiger partial charge in [0, 0.05) is 12.0 Å². The number of imidazole rings is 1. The lowest BCUT2D eigenvalue weighted by molar-refractivity contribution is 0.594. The number of aryl methyl sites for hydroxylation is 1. The average molecular weight is 689 g/mol. The molecule has 0 radical (unpaired) electrons. The molecule has 248 valence electrons. The molecule has 0 aliphatic carbocycles. The van der Waals surface area contributed by atoms with Crippen molar-refractivity contribution < 1.29 is 8.42 Å². The third-order valence-corrected chi connectivity index (χ3v) is 12.3. The molecule has 0 unspecified atom stereocenters. The molecule has 4 nitrogen and oxygen atoms in total. The summed E-state index contributed by atoms with van der Waals surface area (Å²) in [6.07, 6.45) is 0.662. The lowest BCUT2D eigenvalue weighted by Gasteiger charge is -2.24. The number of hydrogen-bond acceptors (Lipinski definition) is 3. The fourth-order valence-electron chi connectivity index (χ4n) is 8.22. The van der Waals surface area contributed by atoms with Crippen LogP contribution in [0.3, 0.4) is 0 Å². The maximum absolute atomic E-state index is 14.3. The van der Waals surface area contributed by atoms with Crippen LogP contribution in [0.1, 0.15) is 12.7 Å². The van der Waals surface area contributed by atoms with Gasteiger partial charge in [0.1, 0.15) is 5.82 Å². The fraction of sp³-hybridized carbons (Fsp3) is 0.0426. The molecule has 1 aliphatic rings. The minimum Gasteiger partial charge on any atom is -0.293 e. The highest BCUT2D eigenvalue weighted by molar-refractivity contribution is 7.92. The highest BCUT2D eigenvalue weighted by atomic mass is 32.2. The number of nitrogens with zero attached hydrogens (tertiary/aromatic N) is 2. The van der Waals surface area contributed by atoms with Crippen LogP contribution in [0.15, 0.2) is 174 Å². The Hall–Kier alpha value is -6.30. The van der Waals surface area contributed by atoms with Crippen molar-refractivity contribution in [1.29, 1.82) is 0 Å². The SMILES string of the molecule is CCc1nc2cccc3c2n1-c1c(-c2ccc4c(-c5cccc(-c6ccccc6)c5)c5ccccc5c(-c5ccccc5)c4c2)cccc1S3(=O)=O. The van der Waals surface area contributed by atoms with Gasteiger partial charge in [-0.2, -0.15) is 0 Å². The lowest BCUT2D eigenvalue weighted by atomic mass is 9.84. The summed E-state index contributed by atoms with van der Waals surface area (Å²) in [5.74, 6) is 0.836. The van der Waals surface area contributed by atoms with Crippen LogP contribution in [0.2, 0.25) is 0 Å². The zero-order chi connectivity index (χ0) is 35.0. The molecule has 1 aromatic heterocycles. The first kappa shape index (κ1) is 30.5. The molecular weight excluding hydrogens is 657 g/mol. The van der Waals surface area contributed by atoms with E-state index >= 15 is 0 Å². The van der Waals surface area contributed by atoms with Gasteiger partial charge in [-0.3, -0.25) is 4.57 Å². The second-order valence-electron chi connectivity index (χ2n) is 13.4. The Morgan fingerprint density at radius 2 is 1.10 bits per heavy atom. The number of sulfone groups is 1. The molecule has 0 saturated heterocycles. The molecule has 0 amide bonds. The van der Waals surface area contributed by atoms with Crippen molar-refractivity contribution in [3.05, 3.63) is 170 Å². The molecule has 0 atom stereocenters. The Kier molecular flexibility index (Phi) is 6.82. The standard InChI is InChI=1S/C47H32N2O2S/c1-2-43-48-40-23-13-25-42-47(40)49(43)46-35(22-12-24-41(46)52(42,50)51)33-26-27-38-39(29-33)44(31-16-7-4-8-17-31)36-20-9-10-21-37(36)45(38)34-19-11-18-32(28-34)30-14-5-3-6-15-30/h3-29H,2H2,1H3. The van der Waals surface area contributed by atoms with Crippen LogP contribution in [0.4, 0.5) is 0 Å². The zero-order valence-electron chi connectivity index (χ0n) is 28.4. The van der Waals surface area contributed by atoms with Crippen LogP contribution in [0.5, 0.6) is 0 Å². The minimum absolute atomic E-state index is 0.304. The molecule has 9 aromatic rings. The monoisotopic (exact) mass is 688 g/mol. The van der Waals surface area contributed by atoms with Gasteiger partial charge in [0.2, 0.25) is 9.84 Å². The van der Waals surface area contributed by atoms with Crippen LogP contribution in [0, 0.1) is 0 Å². The summed E-state index contributed by atoms with van der Waals surface area (Å²) in [4.78, 5) is 5.52. The minimum atomic E-state index is -3.79. The molecule has 0 fully saturated rings. The van der Waals surface area contributed by atoms with Crippen LogP contribution >= 0.6 is 0 Å². The molecule has 1 aliphatic heterocycles. The van der Waals surface area contributed by atoms with Crippen LogP contribution < -0.4 is 0 Å². The van der Waals surface area contributed by atoms with Crippen molar-refractivity contribution in [2.75, 3.05) is 0 Å². The Labute approximate surface area is 302 Å².